The predicted octanol–water partition coefficient (Wildman–Crippen LogP) is 2.70. The number of hydrogen-bond donors (Lipinski definition) is 2. The highest BCUT2D eigenvalue weighted by Gasteiger charge is 2.02. The Labute approximate surface area is 112 Å². The van der Waals surface area contributed by atoms with E-state index >= 15 is 0 Å². The normalized spacial score (nSPS) is 9.76. The molecule has 0 unspecified atom stereocenters. The number of nitrogens with zero attached hydrogens (tertiary/aromatic N) is 1. The maximum absolute atomic E-state index is 12.9. The van der Waals surface area contributed by atoms with Crippen molar-refractivity contribution in [2.24, 2.45) is 0 Å². The number of imidazole rings is 1. The lowest BCUT2D eigenvalue weighted by Crippen LogP contribution is -2.16. The number of hydrogen-bond acceptors (Lipinski definition) is 2. The zero-order valence-electron chi connectivity index (χ0n) is 9.50. The summed E-state index contributed by atoms with van der Waals surface area (Å²) in [7, 11) is 0. The third-order valence-electron chi connectivity index (χ3n) is 2.28. The molecule has 2 rings (SSSR count). The summed E-state index contributed by atoms with van der Waals surface area (Å²) in [5, 5.41) is 3.22. The topological polar surface area (TPSA) is 40.7 Å². The molecule has 6 heteroatoms. The second kappa shape index (κ2) is 7.48. The number of benzene rings is 1. The molecule has 2 N–H and O–H groups in total. The zero-order valence-corrected chi connectivity index (χ0v) is 11.1. The SMILES string of the molecule is CCNCCc1nc2ccc(F)cc2[nH]1.Cl.Cl. The van der Waals surface area contributed by atoms with Crippen molar-refractivity contribution in [3.8, 4) is 0 Å². The highest BCUT2D eigenvalue weighted by molar-refractivity contribution is 5.85. The molecular formula is C11H16Cl2FN3. The monoisotopic (exact) mass is 279 g/mol. The van der Waals surface area contributed by atoms with E-state index in [-0.39, 0.29) is 30.6 Å². The third kappa shape index (κ3) is 4.15. The number of H-pyrrole nitrogens is 1. The van der Waals surface area contributed by atoms with Crippen LogP contribution in [0.3, 0.4) is 0 Å². The van der Waals surface area contributed by atoms with Crippen molar-refractivity contribution in [3.05, 3.63) is 29.8 Å². The van der Waals surface area contributed by atoms with Crippen LogP contribution < -0.4 is 5.32 Å². The fourth-order valence-corrected chi connectivity index (χ4v) is 1.54. The molecule has 0 bridgehead atoms. The molecule has 0 aliphatic carbocycles. The van der Waals surface area contributed by atoms with Gasteiger partial charge in [0.1, 0.15) is 11.6 Å². The average Bonchev–Trinajstić information content (AvgIpc) is 2.60. The molecule has 0 aliphatic heterocycles. The molecule has 0 saturated carbocycles. The molecule has 0 spiro atoms. The first-order valence-electron chi connectivity index (χ1n) is 5.14. The molecule has 2 aromatic rings. The lowest BCUT2D eigenvalue weighted by atomic mass is 10.3. The highest BCUT2D eigenvalue weighted by Crippen LogP contribution is 2.12. The molecule has 0 fully saturated rings. The average molecular weight is 280 g/mol. The molecule has 96 valence electrons. The first-order valence-corrected chi connectivity index (χ1v) is 5.14. The summed E-state index contributed by atoms with van der Waals surface area (Å²) >= 11 is 0. The Morgan fingerprint density at radius 3 is 2.82 bits per heavy atom. The second-order valence-corrected chi connectivity index (χ2v) is 3.45. The minimum absolute atomic E-state index is 0. The van der Waals surface area contributed by atoms with E-state index in [2.05, 4.69) is 22.2 Å². The van der Waals surface area contributed by atoms with Crippen LogP contribution in [0.25, 0.3) is 11.0 Å². The van der Waals surface area contributed by atoms with Gasteiger partial charge in [0.15, 0.2) is 0 Å². The Kier molecular flexibility index (Phi) is 7.11. The van der Waals surface area contributed by atoms with E-state index in [0.717, 1.165) is 36.4 Å². The van der Waals surface area contributed by atoms with Gasteiger partial charge in [-0.3, -0.25) is 0 Å². The molecule has 3 nitrogen and oxygen atoms in total. The Morgan fingerprint density at radius 2 is 2.12 bits per heavy atom. The minimum atomic E-state index is -0.232. The van der Waals surface area contributed by atoms with Crippen LogP contribution in [0.15, 0.2) is 18.2 Å². The summed E-state index contributed by atoms with van der Waals surface area (Å²) < 4.78 is 12.9. The van der Waals surface area contributed by atoms with Gasteiger partial charge in [-0.25, -0.2) is 9.37 Å². The van der Waals surface area contributed by atoms with E-state index in [4.69, 9.17) is 0 Å². The summed E-state index contributed by atoms with van der Waals surface area (Å²) in [6, 6.07) is 4.59. The number of likely N-dealkylation sites (N-methyl/N-ethyl adjacent to an activating group) is 1. The Balaban J connectivity index is 0.00000128. The molecule has 0 amide bonds. The first kappa shape index (κ1) is 16.2. The van der Waals surface area contributed by atoms with Gasteiger partial charge in [-0.2, -0.15) is 0 Å². The summed E-state index contributed by atoms with van der Waals surface area (Å²) in [5.41, 5.74) is 1.59. The van der Waals surface area contributed by atoms with Crippen LogP contribution in [0.2, 0.25) is 0 Å². The molecular weight excluding hydrogens is 264 g/mol. The van der Waals surface area contributed by atoms with Gasteiger partial charge in [0, 0.05) is 13.0 Å². The maximum atomic E-state index is 12.9. The van der Waals surface area contributed by atoms with Crippen molar-refractivity contribution in [1.29, 1.82) is 0 Å². The number of fused-ring (bicyclic) bond motifs is 1. The van der Waals surface area contributed by atoms with Crippen molar-refractivity contribution in [3.63, 3.8) is 0 Å². The second-order valence-electron chi connectivity index (χ2n) is 3.45. The maximum Gasteiger partial charge on any atom is 0.125 e. The van der Waals surface area contributed by atoms with Crippen molar-refractivity contribution >= 4 is 35.8 Å². The van der Waals surface area contributed by atoms with Gasteiger partial charge in [0.05, 0.1) is 11.0 Å². The fourth-order valence-electron chi connectivity index (χ4n) is 1.54. The van der Waals surface area contributed by atoms with E-state index < -0.39 is 0 Å². The van der Waals surface area contributed by atoms with Gasteiger partial charge in [-0.1, -0.05) is 6.92 Å². The van der Waals surface area contributed by atoms with Crippen LogP contribution in [0.1, 0.15) is 12.7 Å². The zero-order chi connectivity index (χ0) is 10.7. The molecule has 0 atom stereocenters. The van der Waals surface area contributed by atoms with Crippen molar-refractivity contribution in [1.82, 2.24) is 15.3 Å². The highest BCUT2D eigenvalue weighted by atomic mass is 35.5. The number of halogens is 3. The van der Waals surface area contributed by atoms with Crippen LogP contribution in [0, 0.1) is 5.82 Å². The largest absolute Gasteiger partial charge is 0.342 e. The van der Waals surface area contributed by atoms with E-state index in [1.54, 1.807) is 6.07 Å². The third-order valence-corrected chi connectivity index (χ3v) is 2.28. The lowest BCUT2D eigenvalue weighted by Gasteiger charge is -1.96. The van der Waals surface area contributed by atoms with Gasteiger partial charge in [0.2, 0.25) is 0 Å². The van der Waals surface area contributed by atoms with Crippen LogP contribution in [0.4, 0.5) is 4.39 Å². The Morgan fingerprint density at radius 1 is 1.35 bits per heavy atom. The molecule has 1 aromatic carbocycles. The van der Waals surface area contributed by atoms with Crippen LogP contribution in [-0.2, 0) is 6.42 Å². The number of aromatic nitrogens is 2. The summed E-state index contributed by atoms with van der Waals surface area (Å²) in [4.78, 5) is 7.47. The lowest BCUT2D eigenvalue weighted by molar-refractivity contribution is 0.629. The minimum Gasteiger partial charge on any atom is -0.342 e. The summed E-state index contributed by atoms with van der Waals surface area (Å²) in [6.45, 7) is 3.90. The Bertz CT molecular complexity index is 459. The number of nitrogens with one attached hydrogen (secondary N) is 2. The molecule has 0 radical (unpaired) electrons. The Hall–Kier alpha value is -0.840. The van der Waals surface area contributed by atoms with Crippen LogP contribution in [0.5, 0.6) is 0 Å². The molecule has 0 saturated heterocycles. The standard InChI is InChI=1S/C11H14FN3.2ClH/c1-2-13-6-5-11-14-9-4-3-8(12)7-10(9)15-11;;/h3-4,7,13H,2,5-6H2,1H3,(H,14,15);2*1H. The molecule has 0 aliphatic rings. The molecule has 17 heavy (non-hydrogen) atoms. The van der Waals surface area contributed by atoms with Gasteiger partial charge < -0.3 is 10.3 Å². The first-order chi connectivity index (χ1) is 7.29. The van der Waals surface area contributed by atoms with Gasteiger partial charge in [0.25, 0.3) is 0 Å². The van der Waals surface area contributed by atoms with Gasteiger partial charge in [-0.15, -0.1) is 24.8 Å². The summed E-state index contributed by atoms with van der Waals surface area (Å²) in [6.07, 6.45) is 0.837. The quantitative estimate of drug-likeness (QED) is 0.845. The van der Waals surface area contributed by atoms with Crippen molar-refractivity contribution in [2.75, 3.05) is 13.1 Å². The van der Waals surface area contributed by atoms with Crippen molar-refractivity contribution < 1.29 is 4.39 Å². The van der Waals surface area contributed by atoms with E-state index in [9.17, 15) is 4.39 Å². The number of rotatable bonds is 4. The molecule has 1 aromatic heterocycles. The smallest absolute Gasteiger partial charge is 0.125 e. The number of aromatic amines is 1. The van der Waals surface area contributed by atoms with E-state index in [1.807, 2.05) is 0 Å². The van der Waals surface area contributed by atoms with Crippen LogP contribution in [-0.4, -0.2) is 23.1 Å². The summed E-state index contributed by atoms with van der Waals surface area (Å²) in [5.74, 6) is 0.668. The van der Waals surface area contributed by atoms with Crippen LogP contribution >= 0.6 is 24.8 Å². The predicted molar refractivity (Wildman–Crippen MR) is 72.8 cm³/mol. The van der Waals surface area contributed by atoms with E-state index in [1.165, 1.54) is 12.1 Å². The van der Waals surface area contributed by atoms with Gasteiger partial charge in [-0.05, 0) is 24.7 Å². The molecule has 1 heterocycles. The van der Waals surface area contributed by atoms with Crippen molar-refractivity contribution in [2.45, 2.75) is 13.3 Å². The van der Waals surface area contributed by atoms with Gasteiger partial charge >= 0.3 is 0 Å². The van der Waals surface area contributed by atoms with E-state index in [0.29, 0.717) is 0 Å². The fraction of sp³-hybridized carbons (Fsp3) is 0.364.